The van der Waals surface area contributed by atoms with E-state index >= 15 is 0 Å². The van der Waals surface area contributed by atoms with E-state index in [1.165, 1.54) is 10.7 Å². The van der Waals surface area contributed by atoms with Gasteiger partial charge in [0.2, 0.25) is 0 Å². The lowest BCUT2D eigenvalue weighted by atomic mass is 10.2. The summed E-state index contributed by atoms with van der Waals surface area (Å²) >= 11 is 5.97. The molecule has 6 heteroatoms. The highest BCUT2D eigenvalue weighted by molar-refractivity contribution is 6.31. The lowest BCUT2D eigenvalue weighted by Gasteiger charge is -2.09. The number of halogens is 4. The van der Waals surface area contributed by atoms with Crippen molar-refractivity contribution in [3.8, 4) is 5.69 Å². The van der Waals surface area contributed by atoms with Crippen LogP contribution in [0.15, 0.2) is 24.3 Å². The van der Waals surface area contributed by atoms with Gasteiger partial charge in [-0.3, -0.25) is 0 Å². The zero-order valence-electron chi connectivity index (χ0n) is 9.72. The highest BCUT2D eigenvalue weighted by atomic mass is 35.5. The Bertz CT molecular complexity index is 587. The van der Waals surface area contributed by atoms with E-state index < -0.39 is 11.7 Å². The predicted molar refractivity (Wildman–Crippen MR) is 63.1 cm³/mol. The smallest absolute Gasteiger partial charge is 0.236 e. The summed E-state index contributed by atoms with van der Waals surface area (Å²) < 4.78 is 39.2. The Balaban J connectivity index is 2.55. The fourth-order valence-electron chi connectivity index (χ4n) is 1.69. The van der Waals surface area contributed by atoms with Crippen LogP contribution in [0.4, 0.5) is 13.2 Å². The van der Waals surface area contributed by atoms with Crippen LogP contribution in [0.1, 0.15) is 17.0 Å². The molecule has 0 aliphatic heterocycles. The van der Waals surface area contributed by atoms with E-state index in [0.717, 1.165) is 12.1 Å². The minimum Gasteiger partial charge on any atom is -0.236 e. The molecular formula is C12H10ClF3N2. The monoisotopic (exact) mass is 274 g/mol. The van der Waals surface area contributed by atoms with Gasteiger partial charge in [0.25, 0.3) is 0 Å². The molecule has 2 nitrogen and oxygen atoms in total. The minimum atomic E-state index is -4.37. The van der Waals surface area contributed by atoms with Crippen molar-refractivity contribution in [1.29, 1.82) is 0 Å². The van der Waals surface area contributed by atoms with Gasteiger partial charge in [-0.15, -0.1) is 0 Å². The molecule has 18 heavy (non-hydrogen) atoms. The van der Waals surface area contributed by atoms with E-state index in [4.69, 9.17) is 11.6 Å². The fourth-order valence-corrected chi connectivity index (χ4v) is 1.81. The second-order valence-electron chi connectivity index (χ2n) is 3.94. The second-order valence-corrected chi connectivity index (χ2v) is 4.32. The Morgan fingerprint density at radius 3 is 2.39 bits per heavy atom. The first-order valence-electron chi connectivity index (χ1n) is 5.20. The number of rotatable bonds is 1. The summed E-state index contributed by atoms with van der Waals surface area (Å²) in [6.07, 6.45) is -4.37. The Morgan fingerprint density at radius 1 is 1.22 bits per heavy atom. The third kappa shape index (κ3) is 2.22. The molecule has 2 aromatic rings. The summed E-state index contributed by atoms with van der Waals surface area (Å²) in [4.78, 5) is 0. The van der Waals surface area contributed by atoms with Gasteiger partial charge in [-0.2, -0.15) is 18.3 Å². The van der Waals surface area contributed by atoms with Crippen LogP contribution in [0.5, 0.6) is 0 Å². The molecular weight excluding hydrogens is 265 g/mol. The standard InChI is InChI=1S/C12H10ClF3N2/c1-7-11(13)8(2)18(17-7)10-5-3-4-9(6-10)12(14,15)16/h3-6H,1-2H3. The van der Waals surface area contributed by atoms with E-state index in [1.54, 1.807) is 19.9 Å². The number of nitrogens with zero attached hydrogens (tertiary/aromatic N) is 2. The first kappa shape index (κ1) is 13.0. The van der Waals surface area contributed by atoms with E-state index in [9.17, 15) is 13.2 Å². The maximum Gasteiger partial charge on any atom is 0.416 e. The van der Waals surface area contributed by atoms with E-state index in [-0.39, 0.29) is 0 Å². The molecule has 0 N–H and O–H groups in total. The first-order valence-corrected chi connectivity index (χ1v) is 5.58. The van der Waals surface area contributed by atoms with Gasteiger partial charge in [0.05, 0.1) is 27.7 Å². The Hall–Kier alpha value is -1.49. The van der Waals surface area contributed by atoms with Gasteiger partial charge in [-0.05, 0) is 32.0 Å². The Kier molecular flexibility index (Phi) is 3.11. The number of benzene rings is 1. The maximum absolute atomic E-state index is 12.6. The van der Waals surface area contributed by atoms with Crippen LogP contribution in [-0.2, 0) is 6.18 Å². The van der Waals surface area contributed by atoms with Gasteiger partial charge >= 0.3 is 6.18 Å². The van der Waals surface area contributed by atoms with E-state index in [1.807, 2.05) is 0 Å². The highest BCUT2D eigenvalue weighted by Crippen LogP contribution is 2.31. The molecule has 0 aliphatic rings. The van der Waals surface area contributed by atoms with Crippen LogP contribution in [0.2, 0.25) is 5.02 Å². The summed E-state index contributed by atoms with van der Waals surface area (Å²) in [6.45, 7) is 3.42. The molecule has 0 saturated heterocycles. The number of hydrogen-bond acceptors (Lipinski definition) is 1. The van der Waals surface area contributed by atoms with E-state index in [0.29, 0.717) is 22.1 Å². The summed E-state index contributed by atoms with van der Waals surface area (Å²) in [7, 11) is 0. The van der Waals surface area contributed by atoms with Crippen molar-refractivity contribution in [1.82, 2.24) is 9.78 Å². The molecule has 0 radical (unpaired) electrons. The molecule has 0 amide bonds. The van der Waals surface area contributed by atoms with Crippen molar-refractivity contribution < 1.29 is 13.2 Å². The zero-order valence-corrected chi connectivity index (χ0v) is 10.5. The molecule has 0 atom stereocenters. The summed E-state index contributed by atoms with van der Waals surface area (Å²) in [5.41, 5.74) is 0.848. The largest absolute Gasteiger partial charge is 0.416 e. The van der Waals surface area contributed by atoms with Crippen LogP contribution < -0.4 is 0 Å². The van der Waals surface area contributed by atoms with Gasteiger partial charge < -0.3 is 0 Å². The van der Waals surface area contributed by atoms with Gasteiger partial charge in [-0.1, -0.05) is 17.7 Å². The normalized spacial score (nSPS) is 11.9. The topological polar surface area (TPSA) is 17.8 Å². The van der Waals surface area contributed by atoms with Crippen molar-refractivity contribution in [3.05, 3.63) is 46.2 Å². The van der Waals surface area contributed by atoms with Crippen LogP contribution in [0.3, 0.4) is 0 Å². The van der Waals surface area contributed by atoms with Crippen LogP contribution in [-0.4, -0.2) is 9.78 Å². The summed E-state index contributed by atoms with van der Waals surface area (Å²) in [5, 5.41) is 4.59. The lowest BCUT2D eigenvalue weighted by molar-refractivity contribution is -0.137. The molecule has 2 rings (SSSR count). The maximum atomic E-state index is 12.6. The van der Waals surface area contributed by atoms with Crippen LogP contribution in [0.25, 0.3) is 5.69 Å². The second kappa shape index (κ2) is 4.31. The molecule has 0 fully saturated rings. The average Bonchev–Trinajstić information content (AvgIpc) is 2.56. The molecule has 0 unspecified atom stereocenters. The molecule has 0 aliphatic carbocycles. The molecule has 1 heterocycles. The molecule has 0 spiro atoms. The van der Waals surface area contributed by atoms with Crippen LogP contribution in [0, 0.1) is 13.8 Å². The predicted octanol–water partition coefficient (Wildman–Crippen LogP) is 4.16. The molecule has 1 aromatic heterocycles. The van der Waals surface area contributed by atoms with Crippen molar-refractivity contribution in [2.45, 2.75) is 20.0 Å². The minimum absolute atomic E-state index is 0.345. The molecule has 0 saturated carbocycles. The fraction of sp³-hybridized carbons (Fsp3) is 0.250. The number of hydrogen-bond donors (Lipinski definition) is 0. The highest BCUT2D eigenvalue weighted by Gasteiger charge is 2.30. The van der Waals surface area contributed by atoms with E-state index in [2.05, 4.69) is 5.10 Å². The van der Waals surface area contributed by atoms with Crippen molar-refractivity contribution in [3.63, 3.8) is 0 Å². The molecule has 1 aromatic carbocycles. The molecule has 0 bridgehead atoms. The quantitative estimate of drug-likeness (QED) is 0.763. The number of aryl methyl sites for hydroxylation is 1. The zero-order chi connectivity index (χ0) is 13.5. The van der Waals surface area contributed by atoms with Crippen LogP contribution >= 0.6 is 11.6 Å². The van der Waals surface area contributed by atoms with Gasteiger partial charge in [-0.25, -0.2) is 4.68 Å². The van der Waals surface area contributed by atoms with Crippen molar-refractivity contribution in [2.75, 3.05) is 0 Å². The average molecular weight is 275 g/mol. The summed E-state index contributed by atoms with van der Waals surface area (Å²) in [6, 6.07) is 4.99. The molecule has 96 valence electrons. The third-order valence-electron chi connectivity index (χ3n) is 2.62. The summed E-state index contributed by atoms with van der Waals surface area (Å²) in [5.74, 6) is 0. The van der Waals surface area contributed by atoms with Crippen molar-refractivity contribution in [2.24, 2.45) is 0 Å². The number of alkyl halides is 3. The SMILES string of the molecule is Cc1nn(-c2cccc(C(F)(F)F)c2)c(C)c1Cl. The van der Waals surface area contributed by atoms with Crippen molar-refractivity contribution >= 4 is 11.6 Å². The first-order chi connectivity index (χ1) is 8.30. The lowest BCUT2D eigenvalue weighted by Crippen LogP contribution is -2.07. The third-order valence-corrected chi connectivity index (χ3v) is 3.17. The van der Waals surface area contributed by atoms with Gasteiger partial charge in [0.1, 0.15) is 0 Å². The van der Waals surface area contributed by atoms with Gasteiger partial charge in [0.15, 0.2) is 0 Å². The Morgan fingerprint density at radius 2 is 1.89 bits per heavy atom. The van der Waals surface area contributed by atoms with Gasteiger partial charge in [0, 0.05) is 0 Å². The number of aromatic nitrogens is 2. The Labute approximate surface area is 107 Å².